The molecular formula is C14H21ClN2O2. The molecule has 1 unspecified atom stereocenters. The lowest BCUT2D eigenvalue weighted by molar-refractivity contribution is -0.131. The second kappa shape index (κ2) is 7.36. The number of carbonyl (C=O) groups excluding carboxylic acids is 1. The number of hydrogen-bond acceptors (Lipinski definition) is 3. The molecule has 0 heterocycles. The average molecular weight is 285 g/mol. The van der Waals surface area contributed by atoms with Crippen molar-refractivity contribution in [2.24, 2.45) is 0 Å². The summed E-state index contributed by atoms with van der Waals surface area (Å²) >= 11 is 5.97. The first-order chi connectivity index (χ1) is 8.99. The molecule has 1 N–H and O–H groups in total. The number of hydrogen-bond donors (Lipinski definition) is 1. The number of carbonyl (C=O) groups is 1. The van der Waals surface area contributed by atoms with Crippen LogP contribution < -0.4 is 10.1 Å². The quantitative estimate of drug-likeness (QED) is 0.872. The smallest absolute Gasteiger partial charge is 0.239 e. The molecule has 19 heavy (non-hydrogen) atoms. The summed E-state index contributed by atoms with van der Waals surface area (Å²) in [6, 6.07) is 5.20. The van der Waals surface area contributed by atoms with Gasteiger partial charge in [-0.3, -0.25) is 4.79 Å². The molecule has 0 spiro atoms. The molecule has 0 fully saturated rings. The van der Waals surface area contributed by atoms with Gasteiger partial charge in [0.25, 0.3) is 0 Å². The maximum absolute atomic E-state index is 11.9. The third-order valence-electron chi connectivity index (χ3n) is 3.06. The number of methoxy groups -OCH3 is 1. The molecule has 1 rings (SSSR count). The van der Waals surface area contributed by atoms with E-state index in [2.05, 4.69) is 5.32 Å². The zero-order valence-corrected chi connectivity index (χ0v) is 12.6. The minimum atomic E-state index is -0.242. The van der Waals surface area contributed by atoms with Crippen LogP contribution in [0.25, 0.3) is 0 Å². The number of likely N-dealkylation sites (N-methyl/N-ethyl adjacent to an activating group) is 1. The lowest BCUT2D eigenvalue weighted by atomic mass is 10.2. The molecule has 1 amide bonds. The molecule has 0 aromatic heterocycles. The molecule has 106 valence electrons. The second-order valence-corrected chi connectivity index (χ2v) is 4.85. The van der Waals surface area contributed by atoms with Gasteiger partial charge < -0.3 is 15.0 Å². The highest BCUT2D eigenvalue weighted by Crippen LogP contribution is 2.22. The van der Waals surface area contributed by atoms with E-state index in [9.17, 15) is 4.79 Å². The number of nitrogens with one attached hydrogen (secondary N) is 1. The zero-order chi connectivity index (χ0) is 14.4. The summed E-state index contributed by atoms with van der Waals surface area (Å²) in [6.07, 6.45) is 0. The summed E-state index contributed by atoms with van der Waals surface area (Å²) in [5.41, 5.74) is 0.939. The van der Waals surface area contributed by atoms with E-state index in [0.29, 0.717) is 18.1 Å². The van der Waals surface area contributed by atoms with Crippen molar-refractivity contribution in [2.75, 3.05) is 20.7 Å². The van der Waals surface area contributed by atoms with E-state index in [1.165, 1.54) is 0 Å². The van der Waals surface area contributed by atoms with Crippen LogP contribution in [0.4, 0.5) is 0 Å². The Morgan fingerprint density at radius 2 is 2.21 bits per heavy atom. The van der Waals surface area contributed by atoms with E-state index in [1.807, 2.05) is 26.0 Å². The zero-order valence-electron chi connectivity index (χ0n) is 11.9. The maximum Gasteiger partial charge on any atom is 0.239 e. The minimum Gasteiger partial charge on any atom is -0.496 e. The Labute approximate surface area is 119 Å². The van der Waals surface area contributed by atoms with Crippen LogP contribution in [-0.2, 0) is 11.3 Å². The minimum absolute atomic E-state index is 0.0727. The van der Waals surface area contributed by atoms with Gasteiger partial charge in [0, 0.05) is 30.7 Å². The molecular weight excluding hydrogens is 264 g/mol. The largest absolute Gasteiger partial charge is 0.496 e. The van der Waals surface area contributed by atoms with Gasteiger partial charge in [-0.25, -0.2) is 0 Å². The first-order valence-electron chi connectivity index (χ1n) is 6.30. The monoisotopic (exact) mass is 284 g/mol. The van der Waals surface area contributed by atoms with Crippen LogP contribution in [0, 0.1) is 0 Å². The predicted molar refractivity (Wildman–Crippen MR) is 77.6 cm³/mol. The van der Waals surface area contributed by atoms with Crippen molar-refractivity contribution in [3.63, 3.8) is 0 Å². The van der Waals surface area contributed by atoms with Crippen molar-refractivity contribution in [1.29, 1.82) is 0 Å². The van der Waals surface area contributed by atoms with Crippen LogP contribution in [0.3, 0.4) is 0 Å². The lowest BCUT2D eigenvalue weighted by Crippen LogP contribution is -2.42. The fraction of sp³-hybridized carbons (Fsp3) is 0.500. The van der Waals surface area contributed by atoms with Gasteiger partial charge in [-0.15, -0.1) is 0 Å². The molecule has 0 aliphatic rings. The van der Waals surface area contributed by atoms with Gasteiger partial charge >= 0.3 is 0 Å². The Morgan fingerprint density at radius 1 is 1.53 bits per heavy atom. The lowest BCUT2D eigenvalue weighted by Gasteiger charge is -2.21. The van der Waals surface area contributed by atoms with E-state index in [4.69, 9.17) is 16.3 Å². The van der Waals surface area contributed by atoms with Gasteiger partial charge in [-0.05, 0) is 32.0 Å². The van der Waals surface area contributed by atoms with Gasteiger partial charge in [0.15, 0.2) is 0 Å². The molecule has 1 atom stereocenters. The predicted octanol–water partition coefficient (Wildman–Crippen LogP) is 2.30. The molecule has 0 radical (unpaired) electrons. The van der Waals surface area contributed by atoms with Crippen molar-refractivity contribution in [3.05, 3.63) is 28.8 Å². The first kappa shape index (κ1) is 15.8. The summed E-state index contributed by atoms with van der Waals surface area (Å²) in [7, 11) is 3.41. The number of rotatable bonds is 6. The van der Waals surface area contributed by atoms with Crippen LogP contribution in [0.15, 0.2) is 18.2 Å². The molecule has 1 aromatic rings. The third kappa shape index (κ3) is 4.40. The van der Waals surface area contributed by atoms with Crippen LogP contribution in [-0.4, -0.2) is 37.6 Å². The summed E-state index contributed by atoms with van der Waals surface area (Å²) in [4.78, 5) is 13.6. The topological polar surface area (TPSA) is 41.6 Å². The summed E-state index contributed by atoms with van der Waals surface area (Å²) < 4.78 is 5.27. The first-order valence-corrected chi connectivity index (χ1v) is 6.68. The van der Waals surface area contributed by atoms with E-state index >= 15 is 0 Å². The SMILES string of the molecule is CCN(C)C(=O)C(C)NCc1cc(Cl)ccc1OC. The van der Waals surface area contributed by atoms with E-state index < -0.39 is 0 Å². The highest BCUT2D eigenvalue weighted by Gasteiger charge is 2.16. The number of nitrogens with zero attached hydrogens (tertiary/aromatic N) is 1. The van der Waals surface area contributed by atoms with Gasteiger partial charge in [0.2, 0.25) is 5.91 Å². The molecule has 1 aromatic carbocycles. The van der Waals surface area contributed by atoms with Crippen molar-refractivity contribution < 1.29 is 9.53 Å². The Morgan fingerprint density at radius 3 is 2.79 bits per heavy atom. The number of halogens is 1. The maximum atomic E-state index is 11.9. The van der Waals surface area contributed by atoms with E-state index in [1.54, 1.807) is 25.1 Å². The highest BCUT2D eigenvalue weighted by atomic mass is 35.5. The van der Waals surface area contributed by atoms with Crippen molar-refractivity contribution in [2.45, 2.75) is 26.4 Å². The molecule has 0 aliphatic carbocycles. The Bertz CT molecular complexity index is 437. The van der Waals surface area contributed by atoms with Crippen molar-refractivity contribution in [3.8, 4) is 5.75 Å². The fourth-order valence-corrected chi connectivity index (χ4v) is 1.92. The summed E-state index contributed by atoms with van der Waals surface area (Å²) in [5, 5.41) is 3.84. The second-order valence-electron chi connectivity index (χ2n) is 4.41. The van der Waals surface area contributed by atoms with Gasteiger partial charge in [-0.1, -0.05) is 11.6 Å². The van der Waals surface area contributed by atoms with Crippen LogP contribution in [0.2, 0.25) is 5.02 Å². The Balaban J connectivity index is 2.66. The molecule has 0 saturated carbocycles. The molecule has 5 heteroatoms. The van der Waals surface area contributed by atoms with Crippen molar-refractivity contribution in [1.82, 2.24) is 10.2 Å². The number of amides is 1. The fourth-order valence-electron chi connectivity index (χ4n) is 1.72. The Kier molecular flexibility index (Phi) is 6.12. The standard InChI is InChI=1S/C14H21ClN2O2/c1-5-17(3)14(18)10(2)16-9-11-8-12(15)6-7-13(11)19-4/h6-8,10,16H,5,9H2,1-4H3. The van der Waals surface area contributed by atoms with E-state index in [-0.39, 0.29) is 11.9 Å². The van der Waals surface area contributed by atoms with E-state index in [0.717, 1.165) is 11.3 Å². The highest BCUT2D eigenvalue weighted by molar-refractivity contribution is 6.30. The molecule has 4 nitrogen and oxygen atoms in total. The summed E-state index contributed by atoms with van der Waals surface area (Å²) in [5.74, 6) is 0.837. The van der Waals surface area contributed by atoms with Crippen molar-refractivity contribution >= 4 is 17.5 Å². The van der Waals surface area contributed by atoms with Gasteiger partial charge in [0.1, 0.15) is 5.75 Å². The van der Waals surface area contributed by atoms with Crippen LogP contribution in [0.5, 0.6) is 5.75 Å². The molecule has 0 bridgehead atoms. The normalized spacial score (nSPS) is 12.1. The Hall–Kier alpha value is -1.26. The van der Waals surface area contributed by atoms with Crippen LogP contribution in [0.1, 0.15) is 19.4 Å². The number of ether oxygens (including phenoxy) is 1. The molecule has 0 saturated heterocycles. The van der Waals surface area contributed by atoms with Crippen LogP contribution >= 0.6 is 11.6 Å². The number of benzene rings is 1. The van der Waals surface area contributed by atoms with Gasteiger partial charge in [0.05, 0.1) is 13.2 Å². The summed E-state index contributed by atoms with van der Waals surface area (Å²) in [6.45, 7) is 5.04. The average Bonchev–Trinajstić information content (AvgIpc) is 2.43. The molecule has 0 aliphatic heterocycles. The third-order valence-corrected chi connectivity index (χ3v) is 3.30. The van der Waals surface area contributed by atoms with Gasteiger partial charge in [-0.2, -0.15) is 0 Å².